The quantitative estimate of drug-likeness (QED) is 0.520. The van der Waals surface area contributed by atoms with Crippen LogP contribution < -0.4 is 0 Å². The molecule has 0 aliphatic carbocycles. The van der Waals surface area contributed by atoms with Gasteiger partial charge in [-0.3, -0.25) is 0 Å². The maximum absolute atomic E-state index is 5.33. The highest BCUT2D eigenvalue weighted by atomic mass is 32.1. The minimum Gasteiger partial charge on any atom is -0.348 e. The molecule has 0 aromatic heterocycles. The van der Waals surface area contributed by atoms with Gasteiger partial charge in [0.05, 0.1) is 13.2 Å². The predicted octanol–water partition coefficient (Wildman–Crippen LogP) is 0.151. The Morgan fingerprint density at radius 3 is 2.44 bits per heavy atom. The highest BCUT2D eigenvalue weighted by molar-refractivity contribution is 7.58. The summed E-state index contributed by atoms with van der Waals surface area (Å²) in [6.07, 6.45) is 0.921. The first-order valence-corrected chi connectivity index (χ1v) is 3.90. The lowest BCUT2D eigenvalue weighted by Gasteiger charge is -2.19. The number of hydrogen-bond donors (Lipinski definition) is 0. The van der Waals surface area contributed by atoms with Crippen LogP contribution in [0.4, 0.5) is 0 Å². The maximum Gasteiger partial charge on any atom is 0.170 e. The van der Waals surface area contributed by atoms with E-state index in [1.54, 1.807) is 0 Å². The summed E-state index contributed by atoms with van der Waals surface area (Å²) in [6.45, 7) is 3.45. The molecule has 1 saturated heterocycles. The normalized spacial score (nSPS) is 24.7. The molecule has 54 valence electrons. The van der Waals surface area contributed by atoms with Crippen LogP contribution in [0.1, 0.15) is 13.3 Å². The molecule has 1 aliphatic rings. The standard InChI is InChI=1S/C6H12O2S/c1-6(2-5-9)7-3-4-8-6/h9H,2-5H2,1H3/p+1. The highest BCUT2D eigenvalue weighted by Crippen LogP contribution is 2.21. The van der Waals surface area contributed by atoms with E-state index in [0.29, 0.717) is 0 Å². The Morgan fingerprint density at radius 2 is 2.00 bits per heavy atom. The van der Waals surface area contributed by atoms with Crippen LogP contribution in [0.5, 0.6) is 0 Å². The lowest BCUT2D eigenvalue weighted by molar-refractivity contribution is -0.142. The van der Waals surface area contributed by atoms with Gasteiger partial charge in [0.1, 0.15) is 5.75 Å². The molecule has 0 aromatic carbocycles. The predicted molar refractivity (Wildman–Crippen MR) is 39.9 cm³/mol. The zero-order valence-corrected chi connectivity index (χ0v) is 6.64. The Hall–Kier alpha value is 0.270. The van der Waals surface area contributed by atoms with E-state index in [4.69, 9.17) is 9.47 Å². The monoisotopic (exact) mass is 149 g/mol. The molecule has 0 bridgehead atoms. The van der Waals surface area contributed by atoms with Gasteiger partial charge in [0.15, 0.2) is 5.79 Å². The van der Waals surface area contributed by atoms with Gasteiger partial charge in [-0.15, -0.1) is 0 Å². The van der Waals surface area contributed by atoms with E-state index in [0.717, 1.165) is 25.4 Å². The van der Waals surface area contributed by atoms with E-state index in [2.05, 4.69) is 12.6 Å². The summed E-state index contributed by atoms with van der Waals surface area (Å²) in [5, 5.41) is 0. The Labute approximate surface area is 60.9 Å². The lowest BCUT2D eigenvalue weighted by Crippen LogP contribution is -2.26. The zero-order valence-electron chi connectivity index (χ0n) is 5.64. The third-order valence-electron chi connectivity index (χ3n) is 1.48. The summed E-state index contributed by atoms with van der Waals surface area (Å²) in [4.78, 5) is 0. The molecular weight excluding hydrogens is 136 g/mol. The second-order valence-corrected chi connectivity index (χ2v) is 2.83. The first-order chi connectivity index (χ1) is 4.27. The fourth-order valence-corrected chi connectivity index (χ4v) is 1.38. The molecule has 1 heterocycles. The molecule has 1 aliphatic heterocycles. The van der Waals surface area contributed by atoms with Crippen molar-refractivity contribution in [1.29, 1.82) is 0 Å². The van der Waals surface area contributed by atoms with E-state index in [-0.39, 0.29) is 5.79 Å². The fraction of sp³-hybridized carbons (Fsp3) is 1.00. The summed E-state index contributed by atoms with van der Waals surface area (Å²) in [5.41, 5.74) is 0. The summed E-state index contributed by atoms with van der Waals surface area (Å²) in [5.74, 6) is 0.623. The average molecular weight is 149 g/mol. The van der Waals surface area contributed by atoms with Crippen molar-refractivity contribution in [3.63, 3.8) is 0 Å². The minimum absolute atomic E-state index is 0.304. The number of rotatable bonds is 2. The SMILES string of the molecule is CC1(CC[SH2+])OCCO1. The van der Waals surface area contributed by atoms with Gasteiger partial charge in [-0.25, -0.2) is 0 Å². The topological polar surface area (TPSA) is 18.5 Å². The third-order valence-corrected chi connectivity index (χ3v) is 1.73. The molecule has 9 heavy (non-hydrogen) atoms. The molecule has 1 rings (SSSR count). The van der Waals surface area contributed by atoms with Crippen molar-refractivity contribution in [2.45, 2.75) is 19.1 Å². The molecule has 2 nitrogen and oxygen atoms in total. The molecule has 0 spiro atoms. The van der Waals surface area contributed by atoms with Crippen LogP contribution in [0.25, 0.3) is 0 Å². The van der Waals surface area contributed by atoms with E-state index in [1.165, 1.54) is 0 Å². The van der Waals surface area contributed by atoms with Gasteiger partial charge >= 0.3 is 0 Å². The number of hydrogen-bond acceptors (Lipinski definition) is 2. The molecule has 0 atom stereocenters. The van der Waals surface area contributed by atoms with Crippen molar-refractivity contribution in [2.75, 3.05) is 19.0 Å². The van der Waals surface area contributed by atoms with Gasteiger partial charge in [-0.2, -0.15) is 0 Å². The van der Waals surface area contributed by atoms with Crippen LogP contribution in [0, 0.1) is 0 Å². The Balaban J connectivity index is 2.32. The van der Waals surface area contributed by atoms with E-state index in [9.17, 15) is 0 Å². The Morgan fingerprint density at radius 1 is 1.44 bits per heavy atom. The summed E-state index contributed by atoms with van der Waals surface area (Å²) < 4.78 is 10.7. The fourth-order valence-electron chi connectivity index (χ4n) is 0.928. The summed E-state index contributed by atoms with van der Waals surface area (Å²) >= 11 is 3.38. The van der Waals surface area contributed by atoms with Crippen molar-refractivity contribution in [2.24, 2.45) is 0 Å². The van der Waals surface area contributed by atoms with Gasteiger partial charge in [0.25, 0.3) is 0 Å². The second kappa shape index (κ2) is 2.90. The van der Waals surface area contributed by atoms with Crippen molar-refractivity contribution in [3.8, 4) is 0 Å². The van der Waals surface area contributed by atoms with Crippen LogP contribution in [0.2, 0.25) is 0 Å². The van der Waals surface area contributed by atoms with Crippen molar-refractivity contribution in [1.82, 2.24) is 0 Å². The van der Waals surface area contributed by atoms with Crippen molar-refractivity contribution in [3.05, 3.63) is 0 Å². The van der Waals surface area contributed by atoms with Gasteiger partial charge in [-0.05, 0) is 19.6 Å². The van der Waals surface area contributed by atoms with Crippen molar-refractivity contribution >= 4 is 12.6 Å². The summed E-state index contributed by atoms with van der Waals surface area (Å²) in [6, 6.07) is 0. The van der Waals surface area contributed by atoms with Gasteiger partial charge in [0, 0.05) is 6.42 Å². The summed E-state index contributed by atoms with van der Waals surface area (Å²) in [7, 11) is 0. The lowest BCUT2D eigenvalue weighted by atomic mass is 10.2. The molecule has 0 radical (unpaired) electrons. The smallest absolute Gasteiger partial charge is 0.170 e. The van der Waals surface area contributed by atoms with Crippen LogP contribution in [0.15, 0.2) is 0 Å². The Kier molecular flexibility index (Phi) is 2.38. The molecular formula is C6H13O2S+. The van der Waals surface area contributed by atoms with Crippen LogP contribution in [-0.4, -0.2) is 24.8 Å². The van der Waals surface area contributed by atoms with Gasteiger partial charge < -0.3 is 9.47 Å². The molecule has 0 amide bonds. The van der Waals surface area contributed by atoms with Gasteiger partial charge in [0.2, 0.25) is 0 Å². The number of ether oxygens (including phenoxy) is 2. The molecule has 3 heteroatoms. The van der Waals surface area contributed by atoms with Crippen LogP contribution in [0.3, 0.4) is 0 Å². The molecule has 0 N–H and O–H groups in total. The van der Waals surface area contributed by atoms with Crippen LogP contribution >= 0.6 is 0 Å². The molecule has 0 aromatic rings. The zero-order chi connectivity index (χ0) is 6.74. The molecule has 0 saturated carbocycles. The van der Waals surface area contributed by atoms with Crippen LogP contribution in [-0.2, 0) is 22.1 Å². The van der Waals surface area contributed by atoms with Crippen molar-refractivity contribution < 1.29 is 9.47 Å². The molecule has 0 unspecified atom stereocenters. The minimum atomic E-state index is -0.304. The largest absolute Gasteiger partial charge is 0.348 e. The second-order valence-electron chi connectivity index (χ2n) is 2.33. The third kappa shape index (κ3) is 1.85. The Bertz CT molecular complexity index is 89.1. The highest BCUT2D eigenvalue weighted by Gasteiger charge is 2.30. The first-order valence-electron chi connectivity index (χ1n) is 3.19. The molecule has 1 fully saturated rings. The van der Waals surface area contributed by atoms with E-state index < -0.39 is 0 Å². The van der Waals surface area contributed by atoms with E-state index in [1.807, 2.05) is 6.92 Å². The first kappa shape index (κ1) is 7.38. The van der Waals surface area contributed by atoms with Gasteiger partial charge in [-0.1, -0.05) is 0 Å². The maximum atomic E-state index is 5.33. The van der Waals surface area contributed by atoms with E-state index >= 15 is 0 Å². The average Bonchev–Trinajstić information content (AvgIpc) is 2.16.